The molecule has 1 aliphatic rings. The number of unbranched alkanes of at least 4 members (excludes halogenated alkanes) is 1. The zero-order valence-corrected chi connectivity index (χ0v) is 21.4. The van der Waals surface area contributed by atoms with Gasteiger partial charge in [-0.25, -0.2) is 4.79 Å². The Balaban J connectivity index is 1.22. The van der Waals surface area contributed by atoms with Gasteiger partial charge in [0.05, 0.1) is 7.11 Å². The molecule has 0 atom stereocenters. The number of aromatic nitrogens is 1. The number of aryl methyl sites for hydroxylation is 1. The number of hydrogen-bond donors (Lipinski definition) is 2. The Bertz CT molecular complexity index is 1110. The van der Waals surface area contributed by atoms with E-state index in [1.54, 1.807) is 7.11 Å². The summed E-state index contributed by atoms with van der Waals surface area (Å²) in [4.78, 5) is 20.5. The van der Waals surface area contributed by atoms with E-state index in [4.69, 9.17) is 9.47 Å². The van der Waals surface area contributed by atoms with E-state index >= 15 is 0 Å². The van der Waals surface area contributed by atoms with E-state index in [9.17, 15) is 4.79 Å². The lowest BCUT2D eigenvalue weighted by molar-refractivity contribution is 0.190. The standard InChI is InChI=1S/C28H38N4O3/c1-28(2,3)30-27(33)35-24-12-13-26-25(19-24)21(20-29-26)7-5-6-14-31-15-17-32(18-16-31)22-8-10-23(34-4)11-9-22/h8-13,19-20,29H,5-7,14-18H2,1-4H3,(H,30,33). The first-order chi connectivity index (χ1) is 16.8. The van der Waals surface area contributed by atoms with Crippen molar-refractivity contribution in [1.82, 2.24) is 15.2 Å². The number of anilines is 1. The molecule has 1 saturated heterocycles. The SMILES string of the molecule is COc1ccc(N2CCN(CCCCc3c[nH]c4ccc(OC(=O)NC(C)(C)C)cc34)CC2)cc1. The largest absolute Gasteiger partial charge is 0.497 e. The number of methoxy groups -OCH3 is 1. The van der Waals surface area contributed by atoms with Gasteiger partial charge in [0, 0.05) is 54.5 Å². The number of benzene rings is 2. The minimum atomic E-state index is -0.430. The minimum absolute atomic E-state index is 0.331. The molecule has 0 spiro atoms. The monoisotopic (exact) mass is 478 g/mol. The number of aromatic amines is 1. The molecule has 2 heterocycles. The number of fused-ring (bicyclic) bond motifs is 1. The van der Waals surface area contributed by atoms with Gasteiger partial charge in [0.1, 0.15) is 11.5 Å². The fourth-order valence-corrected chi connectivity index (χ4v) is 4.54. The second-order valence-corrected chi connectivity index (χ2v) is 10.3. The number of rotatable bonds is 8. The predicted molar refractivity (Wildman–Crippen MR) is 142 cm³/mol. The smallest absolute Gasteiger partial charge is 0.413 e. The normalized spacial score (nSPS) is 14.8. The third-order valence-corrected chi connectivity index (χ3v) is 6.41. The van der Waals surface area contributed by atoms with Crippen molar-refractivity contribution >= 4 is 22.7 Å². The molecular formula is C28H38N4O3. The molecule has 4 rings (SSSR count). The second-order valence-electron chi connectivity index (χ2n) is 10.3. The maximum Gasteiger partial charge on any atom is 0.413 e. The van der Waals surface area contributed by atoms with Crippen LogP contribution >= 0.6 is 0 Å². The number of H-pyrrole nitrogens is 1. The Morgan fingerprint density at radius 1 is 1.00 bits per heavy atom. The zero-order chi connectivity index (χ0) is 24.8. The van der Waals surface area contributed by atoms with Crippen LogP contribution in [-0.4, -0.2) is 61.3 Å². The third-order valence-electron chi connectivity index (χ3n) is 6.41. The van der Waals surface area contributed by atoms with Crippen LogP contribution in [0.4, 0.5) is 10.5 Å². The summed E-state index contributed by atoms with van der Waals surface area (Å²) >= 11 is 0. The first kappa shape index (κ1) is 24.9. The van der Waals surface area contributed by atoms with Crippen molar-refractivity contribution in [3.63, 3.8) is 0 Å². The average molecular weight is 479 g/mol. The summed E-state index contributed by atoms with van der Waals surface area (Å²) in [5.41, 5.74) is 3.27. The number of nitrogens with zero attached hydrogens (tertiary/aromatic N) is 2. The Morgan fingerprint density at radius 2 is 1.71 bits per heavy atom. The average Bonchev–Trinajstić information content (AvgIpc) is 3.23. The predicted octanol–water partition coefficient (Wildman–Crippen LogP) is 5.21. The number of carbonyl (C=O) groups excluding carboxylic acids is 1. The van der Waals surface area contributed by atoms with Crippen LogP contribution in [0.15, 0.2) is 48.7 Å². The highest BCUT2D eigenvalue weighted by Crippen LogP contribution is 2.25. The summed E-state index contributed by atoms with van der Waals surface area (Å²) in [5, 5.41) is 3.96. The van der Waals surface area contributed by atoms with Crippen molar-refractivity contribution in [3.8, 4) is 11.5 Å². The summed E-state index contributed by atoms with van der Waals surface area (Å²) in [7, 11) is 1.70. The van der Waals surface area contributed by atoms with Gasteiger partial charge < -0.3 is 24.7 Å². The van der Waals surface area contributed by atoms with Crippen LogP contribution < -0.4 is 19.7 Å². The Kier molecular flexibility index (Phi) is 7.86. The number of amides is 1. The van der Waals surface area contributed by atoms with Gasteiger partial charge in [-0.3, -0.25) is 4.90 Å². The van der Waals surface area contributed by atoms with Gasteiger partial charge in [0.2, 0.25) is 0 Å². The van der Waals surface area contributed by atoms with Crippen LogP contribution in [0.5, 0.6) is 11.5 Å². The number of ether oxygens (including phenoxy) is 2. The molecule has 1 aliphatic heterocycles. The van der Waals surface area contributed by atoms with E-state index < -0.39 is 6.09 Å². The van der Waals surface area contributed by atoms with Crippen molar-refractivity contribution < 1.29 is 14.3 Å². The second kappa shape index (κ2) is 11.0. The lowest BCUT2D eigenvalue weighted by atomic mass is 10.1. The maximum atomic E-state index is 12.1. The summed E-state index contributed by atoms with van der Waals surface area (Å²) < 4.78 is 10.8. The third kappa shape index (κ3) is 6.92. The summed E-state index contributed by atoms with van der Waals surface area (Å²) in [6.07, 6.45) is 4.95. The maximum absolute atomic E-state index is 12.1. The summed E-state index contributed by atoms with van der Waals surface area (Å²) in [5.74, 6) is 1.47. The molecule has 1 fully saturated rings. The van der Waals surface area contributed by atoms with Gasteiger partial charge in [0.15, 0.2) is 0 Å². The number of hydrogen-bond acceptors (Lipinski definition) is 5. The van der Waals surface area contributed by atoms with Crippen molar-refractivity contribution in [2.75, 3.05) is 44.7 Å². The molecule has 7 nitrogen and oxygen atoms in total. The van der Waals surface area contributed by atoms with Crippen molar-refractivity contribution in [3.05, 3.63) is 54.2 Å². The fourth-order valence-electron chi connectivity index (χ4n) is 4.54. The molecule has 0 unspecified atom stereocenters. The Labute approximate surface area is 208 Å². The fraction of sp³-hybridized carbons (Fsp3) is 0.464. The number of piperazine rings is 1. The molecule has 7 heteroatoms. The van der Waals surface area contributed by atoms with Gasteiger partial charge in [0.25, 0.3) is 0 Å². The first-order valence-electron chi connectivity index (χ1n) is 12.5. The molecule has 35 heavy (non-hydrogen) atoms. The molecule has 1 aromatic heterocycles. The first-order valence-corrected chi connectivity index (χ1v) is 12.5. The molecule has 188 valence electrons. The quantitative estimate of drug-likeness (QED) is 0.435. The molecule has 2 N–H and O–H groups in total. The van der Waals surface area contributed by atoms with Gasteiger partial charge in [-0.2, -0.15) is 0 Å². The van der Waals surface area contributed by atoms with E-state index in [2.05, 4.69) is 38.4 Å². The molecule has 2 aromatic carbocycles. The van der Waals surface area contributed by atoms with Crippen LogP contribution in [0.2, 0.25) is 0 Å². The summed E-state index contributed by atoms with van der Waals surface area (Å²) in [6.45, 7) is 11.2. The number of nitrogens with one attached hydrogen (secondary N) is 2. The molecule has 0 bridgehead atoms. The van der Waals surface area contributed by atoms with Crippen molar-refractivity contribution in [2.24, 2.45) is 0 Å². The van der Waals surface area contributed by atoms with Gasteiger partial charge in [-0.05, 0) is 94.6 Å². The topological polar surface area (TPSA) is 69.8 Å². The highest BCUT2D eigenvalue weighted by atomic mass is 16.6. The van der Waals surface area contributed by atoms with Crippen molar-refractivity contribution in [1.29, 1.82) is 0 Å². The van der Waals surface area contributed by atoms with E-state index in [0.717, 1.165) is 62.2 Å². The van der Waals surface area contributed by atoms with Gasteiger partial charge >= 0.3 is 6.09 Å². The van der Waals surface area contributed by atoms with Crippen LogP contribution in [0, 0.1) is 0 Å². The van der Waals surface area contributed by atoms with Crippen LogP contribution in [0.3, 0.4) is 0 Å². The van der Waals surface area contributed by atoms with E-state index in [1.807, 2.05) is 51.1 Å². The summed E-state index contributed by atoms with van der Waals surface area (Å²) in [6, 6.07) is 14.1. The lowest BCUT2D eigenvalue weighted by Crippen LogP contribution is -2.46. The molecular weight excluding hydrogens is 440 g/mol. The molecule has 0 radical (unpaired) electrons. The zero-order valence-electron chi connectivity index (χ0n) is 21.4. The Morgan fingerprint density at radius 3 is 2.40 bits per heavy atom. The van der Waals surface area contributed by atoms with Gasteiger partial charge in [-0.1, -0.05) is 0 Å². The molecule has 0 saturated carbocycles. The minimum Gasteiger partial charge on any atom is -0.497 e. The lowest BCUT2D eigenvalue weighted by Gasteiger charge is -2.36. The van der Waals surface area contributed by atoms with Crippen LogP contribution in [0.25, 0.3) is 10.9 Å². The Hall–Kier alpha value is -3.19. The molecule has 0 aliphatic carbocycles. The highest BCUT2D eigenvalue weighted by molar-refractivity contribution is 5.85. The molecule has 1 amide bonds. The van der Waals surface area contributed by atoms with E-state index in [-0.39, 0.29) is 5.54 Å². The van der Waals surface area contributed by atoms with Crippen LogP contribution in [0.1, 0.15) is 39.2 Å². The van der Waals surface area contributed by atoms with E-state index in [0.29, 0.717) is 5.75 Å². The highest BCUT2D eigenvalue weighted by Gasteiger charge is 2.18. The van der Waals surface area contributed by atoms with Crippen molar-refractivity contribution in [2.45, 2.75) is 45.6 Å². The molecule has 3 aromatic rings. The van der Waals surface area contributed by atoms with Crippen LogP contribution in [-0.2, 0) is 6.42 Å². The van der Waals surface area contributed by atoms with Gasteiger partial charge in [-0.15, -0.1) is 0 Å². The van der Waals surface area contributed by atoms with E-state index in [1.165, 1.54) is 17.7 Å². The number of carbonyl (C=O) groups is 1.